The SMILES string of the molecule is C/C=C\C(=C/CF)CCCNCC(=O)NCCN/C(C)=N\C(C)=P\C. The quantitative estimate of drug-likeness (QED) is 0.163. The Labute approximate surface area is 153 Å². The molecule has 3 N–H and O–H groups in total. The molecule has 0 saturated heterocycles. The van der Waals surface area contributed by atoms with Crippen molar-refractivity contribution in [3.63, 3.8) is 0 Å². The molecule has 25 heavy (non-hydrogen) atoms. The van der Waals surface area contributed by atoms with Crippen LogP contribution in [-0.4, -0.2) is 56.7 Å². The van der Waals surface area contributed by atoms with E-state index in [1.165, 1.54) is 0 Å². The van der Waals surface area contributed by atoms with Gasteiger partial charge in [-0.3, -0.25) is 4.79 Å². The average molecular weight is 370 g/mol. The van der Waals surface area contributed by atoms with Crippen LogP contribution in [0.2, 0.25) is 0 Å². The second-order valence-corrected chi connectivity index (χ2v) is 6.55. The van der Waals surface area contributed by atoms with Gasteiger partial charge in [-0.1, -0.05) is 26.4 Å². The van der Waals surface area contributed by atoms with E-state index in [1.54, 1.807) is 6.08 Å². The van der Waals surface area contributed by atoms with Crippen molar-refractivity contribution in [1.82, 2.24) is 16.0 Å². The number of carbonyl (C=O) groups is 1. The number of amidine groups is 1. The van der Waals surface area contributed by atoms with E-state index in [0.717, 1.165) is 44.4 Å². The molecule has 0 heterocycles. The summed E-state index contributed by atoms with van der Waals surface area (Å²) in [5.74, 6) is 0.830. The number of halogens is 1. The van der Waals surface area contributed by atoms with Crippen LogP contribution in [0.1, 0.15) is 33.6 Å². The van der Waals surface area contributed by atoms with E-state index in [1.807, 2.05) is 39.6 Å². The third-order valence-corrected chi connectivity index (χ3v) is 4.05. The molecule has 0 aromatic heterocycles. The highest BCUT2D eigenvalue weighted by atomic mass is 31.1. The number of nitrogens with one attached hydrogen (secondary N) is 3. The first-order chi connectivity index (χ1) is 12.0. The van der Waals surface area contributed by atoms with Crippen LogP contribution in [0.4, 0.5) is 4.39 Å². The second-order valence-electron chi connectivity index (χ2n) is 5.46. The average Bonchev–Trinajstić information content (AvgIpc) is 2.58. The molecule has 0 rings (SSSR count). The Morgan fingerprint density at radius 1 is 1.20 bits per heavy atom. The topological polar surface area (TPSA) is 65.5 Å². The van der Waals surface area contributed by atoms with Crippen LogP contribution >= 0.6 is 8.20 Å². The number of alkyl halides is 1. The maximum atomic E-state index is 12.3. The summed E-state index contributed by atoms with van der Waals surface area (Å²) in [6.45, 7) is 9.63. The summed E-state index contributed by atoms with van der Waals surface area (Å²) in [4.78, 5) is 16.1. The molecule has 5 nitrogen and oxygen atoms in total. The minimum Gasteiger partial charge on any atom is -0.372 e. The van der Waals surface area contributed by atoms with Crippen molar-refractivity contribution < 1.29 is 9.18 Å². The molecule has 0 aliphatic heterocycles. The predicted molar refractivity (Wildman–Crippen MR) is 109 cm³/mol. The number of hydrogen-bond donors (Lipinski definition) is 3. The summed E-state index contributed by atoms with van der Waals surface area (Å²) < 4.78 is 12.3. The van der Waals surface area contributed by atoms with Crippen molar-refractivity contribution in [2.24, 2.45) is 4.99 Å². The Kier molecular flexibility index (Phi) is 15.0. The zero-order valence-corrected chi connectivity index (χ0v) is 16.8. The van der Waals surface area contributed by atoms with Crippen molar-refractivity contribution >= 4 is 25.4 Å². The molecule has 0 unspecified atom stereocenters. The van der Waals surface area contributed by atoms with Crippen molar-refractivity contribution in [2.45, 2.75) is 33.6 Å². The highest BCUT2D eigenvalue weighted by molar-refractivity contribution is 7.39. The van der Waals surface area contributed by atoms with Crippen LogP contribution in [0.5, 0.6) is 0 Å². The van der Waals surface area contributed by atoms with Crippen molar-refractivity contribution in [3.05, 3.63) is 23.8 Å². The third-order valence-electron chi connectivity index (χ3n) is 3.31. The summed E-state index contributed by atoms with van der Waals surface area (Å²) in [5, 5.41) is 9.11. The van der Waals surface area contributed by atoms with Gasteiger partial charge in [0.2, 0.25) is 5.91 Å². The van der Waals surface area contributed by atoms with Gasteiger partial charge in [0, 0.05) is 13.1 Å². The number of aliphatic imine (C=N–C) groups is 1. The molecule has 0 fully saturated rings. The van der Waals surface area contributed by atoms with Gasteiger partial charge in [0.15, 0.2) is 0 Å². The zero-order valence-electron chi connectivity index (χ0n) is 15.9. The van der Waals surface area contributed by atoms with Gasteiger partial charge in [0.25, 0.3) is 0 Å². The smallest absolute Gasteiger partial charge is 0.234 e. The molecule has 0 saturated carbocycles. The molecule has 0 bridgehead atoms. The van der Waals surface area contributed by atoms with Gasteiger partial charge in [0.05, 0.1) is 17.8 Å². The number of allylic oxidation sites excluding steroid dienone is 4. The molecule has 0 radical (unpaired) electrons. The molecule has 0 aliphatic rings. The van der Waals surface area contributed by atoms with Gasteiger partial charge >= 0.3 is 0 Å². The standard InChI is InChI=1S/C18H32FN4OP/c1-5-7-17(9-10-19)8-6-11-20-14-18(24)22-13-12-21-15(2)23-16(3)25-4/h5,7,9,20H,6,8,10-14H2,1-4H3,(H,21,23)(H,22,24)/b7-5-,17-9+. The first-order valence-corrected chi connectivity index (χ1v) is 9.95. The van der Waals surface area contributed by atoms with E-state index < -0.39 is 6.67 Å². The molecule has 7 heteroatoms. The zero-order chi connectivity index (χ0) is 18.9. The van der Waals surface area contributed by atoms with Crippen LogP contribution in [0.15, 0.2) is 28.8 Å². The van der Waals surface area contributed by atoms with Gasteiger partial charge in [-0.15, -0.1) is 0 Å². The Morgan fingerprint density at radius 2 is 1.92 bits per heavy atom. The highest BCUT2D eigenvalue weighted by Gasteiger charge is 2.00. The molecule has 142 valence electrons. The number of carbonyl (C=O) groups excluding carboxylic acids is 1. The fourth-order valence-electron chi connectivity index (χ4n) is 2.03. The Hall–Kier alpha value is -1.52. The van der Waals surface area contributed by atoms with E-state index >= 15 is 0 Å². The molecule has 0 spiro atoms. The first-order valence-electron chi connectivity index (χ1n) is 8.61. The van der Waals surface area contributed by atoms with E-state index in [-0.39, 0.29) is 5.91 Å². The summed E-state index contributed by atoms with van der Waals surface area (Å²) in [6.07, 6.45) is 7.09. The third kappa shape index (κ3) is 14.5. The predicted octanol–water partition coefficient (Wildman–Crippen LogP) is 2.68. The molecule has 0 aromatic carbocycles. The van der Waals surface area contributed by atoms with Crippen molar-refractivity contribution in [2.75, 3.05) is 39.5 Å². The Balaban J connectivity index is 3.75. The molecular weight excluding hydrogens is 338 g/mol. The van der Waals surface area contributed by atoms with Gasteiger partial charge in [-0.2, -0.15) is 0 Å². The Bertz CT molecular complexity index is 501. The van der Waals surface area contributed by atoms with Crippen LogP contribution in [0, 0.1) is 0 Å². The number of rotatable bonds is 12. The van der Waals surface area contributed by atoms with Crippen LogP contribution < -0.4 is 16.0 Å². The maximum Gasteiger partial charge on any atom is 0.234 e. The summed E-state index contributed by atoms with van der Waals surface area (Å²) in [5.41, 5.74) is 2.05. The lowest BCUT2D eigenvalue weighted by Crippen LogP contribution is -2.38. The second kappa shape index (κ2) is 16.0. The van der Waals surface area contributed by atoms with Crippen molar-refractivity contribution in [3.8, 4) is 0 Å². The van der Waals surface area contributed by atoms with Gasteiger partial charge in [-0.05, 0) is 52.4 Å². The normalized spacial score (nSPS) is 13.4. The maximum absolute atomic E-state index is 12.3. The van der Waals surface area contributed by atoms with Crippen LogP contribution in [-0.2, 0) is 4.79 Å². The minimum atomic E-state index is -0.441. The Morgan fingerprint density at radius 3 is 2.56 bits per heavy atom. The molecule has 1 amide bonds. The van der Waals surface area contributed by atoms with E-state index in [9.17, 15) is 9.18 Å². The van der Waals surface area contributed by atoms with Crippen molar-refractivity contribution in [1.29, 1.82) is 0 Å². The monoisotopic (exact) mass is 370 g/mol. The van der Waals surface area contributed by atoms with Gasteiger partial charge in [0.1, 0.15) is 6.67 Å². The van der Waals surface area contributed by atoms with Gasteiger partial charge < -0.3 is 16.0 Å². The lowest BCUT2D eigenvalue weighted by Gasteiger charge is -2.09. The van der Waals surface area contributed by atoms with E-state index in [4.69, 9.17) is 0 Å². The summed E-state index contributed by atoms with van der Waals surface area (Å²) in [6, 6.07) is 0. The fourth-order valence-corrected chi connectivity index (χ4v) is 2.28. The number of hydrogen-bond acceptors (Lipinski definition) is 2. The largest absolute Gasteiger partial charge is 0.372 e. The summed E-state index contributed by atoms with van der Waals surface area (Å²) in [7, 11) is 1.16. The van der Waals surface area contributed by atoms with E-state index in [2.05, 4.69) is 20.9 Å². The molecule has 0 atom stereocenters. The lowest BCUT2D eigenvalue weighted by atomic mass is 10.1. The molecule has 0 aromatic rings. The van der Waals surface area contributed by atoms with E-state index in [0.29, 0.717) is 19.6 Å². The number of amides is 1. The molecular formula is C18H32FN4OP. The van der Waals surface area contributed by atoms with Crippen LogP contribution in [0.25, 0.3) is 0 Å². The van der Waals surface area contributed by atoms with Gasteiger partial charge in [-0.25, -0.2) is 9.38 Å². The first kappa shape index (κ1) is 23.5. The summed E-state index contributed by atoms with van der Waals surface area (Å²) >= 11 is 0. The van der Waals surface area contributed by atoms with Crippen LogP contribution in [0.3, 0.4) is 0 Å². The number of nitrogens with zero attached hydrogens (tertiary/aromatic N) is 1. The fraction of sp³-hybridized carbons (Fsp3) is 0.611. The molecule has 0 aliphatic carbocycles. The highest BCUT2D eigenvalue weighted by Crippen LogP contribution is 2.06. The minimum absolute atomic E-state index is 0.0285. The lowest BCUT2D eigenvalue weighted by molar-refractivity contribution is -0.120.